The Morgan fingerprint density at radius 2 is 1.48 bits per heavy atom. The van der Waals surface area contributed by atoms with Gasteiger partial charge in [0.1, 0.15) is 0 Å². The van der Waals surface area contributed by atoms with E-state index in [9.17, 15) is 8.42 Å². The molecule has 0 saturated heterocycles. The van der Waals surface area contributed by atoms with Gasteiger partial charge in [-0.15, -0.1) is 0 Å². The molecule has 1 atom stereocenters. The molecule has 0 unspecified atom stereocenters. The number of benzene rings is 2. The highest BCUT2D eigenvalue weighted by molar-refractivity contribution is 7.89. The highest BCUT2D eigenvalue weighted by Gasteiger charge is 2.28. The first kappa shape index (κ1) is 17.6. The molecule has 0 heterocycles. The van der Waals surface area contributed by atoms with E-state index in [-0.39, 0.29) is 4.90 Å². The number of rotatable bonds is 7. The molecule has 0 spiro atoms. The maximum absolute atomic E-state index is 12.6. The van der Waals surface area contributed by atoms with Crippen molar-refractivity contribution in [1.29, 1.82) is 0 Å². The van der Waals surface area contributed by atoms with Crippen LogP contribution in [0.2, 0.25) is 0 Å². The lowest BCUT2D eigenvalue weighted by Gasteiger charge is -2.26. The minimum Gasteiger partial charge on any atom is -0.354 e. The molecule has 0 aliphatic rings. The fourth-order valence-electron chi connectivity index (χ4n) is 2.26. The van der Waals surface area contributed by atoms with Crippen LogP contribution in [0.4, 0.5) is 0 Å². The maximum atomic E-state index is 12.6. The van der Waals surface area contributed by atoms with Crippen molar-refractivity contribution in [3.63, 3.8) is 0 Å². The third-order valence-corrected chi connectivity index (χ3v) is 4.97. The van der Waals surface area contributed by atoms with Gasteiger partial charge in [0.05, 0.1) is 10.9 Å². The Bertz CT molecular complexity index is 710. The second-order valence-corrected chi connectivity index (χ2v) is 6.88. The zero-order valence-corrected chi connectivity index (χ0v) is 14.2. The van der Waals surface area contributed by atoms with Crippen LogP contribution in [0.5, 0.6) is 0 Å². The Morgan fingerprint density at radius 3 is 2.00 bits per heavy atom. The minimum atomic E-state index is -3.70. The standard InChI is InChI=1S/C17H21NO4S/c1-13-9-11-15(12-10-13)23(19,20)18-16(17(21-2)22-3)14-7-5-4-6-8-14/h4-12,16-18H,1-3H3/t16-/m0/s1. The van der Waals surface area contributed by atoms with Crippen molar-refractivity contribution in [1.82, 2.24) is 4.72 Å². The van der Waals surface area contributed by atoms with Crippen LogP contribution in [0.15, 0.2) is 59.5 Å². The van der Waals surface area contributed by atoms with Gasteiger partial charge in [0.2, 0.25) is 10.0 Å². The van der Waals surface area contributed by atoms with E-state index in [0.717, 1.165) is 11.1 Å². The molecule has 2 aromatic rings. The molecule has 0 bridgehead atoms. The lowest BCUT2D eigenvalue weighted by atomic mass is 10.1. The molecule has 0 aromatic heterocycles. The predicted molar refractivity (Wildman–Crippen MR) is 88.5 cm³/mol. The molecule has 23 heavy (non-hydrogen) atoms. The molecule has 5 nitrogen and oxygen atoms in total. The molecule has 0 fully saturated rings. The molecule has 2 rings (SSSR count). The van der Waals surface area contributed by atoms with Crippen molar-refractivity contribution < 1.29 is 17.9 Å². The van der Waals surface area contributed by atoms with Gasteiger partial charge in [-0.05, 0) is 24.6 Å². The van der Waals surface area contributed by atoms with E-state index in [1.165, 1.54) is 14.2 Å². The normalized spacial score (nSPS) is 13.2. The van der Waals surface area contributed by atoms with Gasteiger partial charge in [0.15, 0.2) is 6.29 Å². The largest absolute Gasteiger partial charge is 0.354 e. The van der Waals surface area contributed by atoms with Crippen molar-refractivity contribution in [2.24, 2.45) is 0 Å². The van der Waals surface area contributed by atoms with Crippen molar-refractivity contribution in [3.05, 3.63) is 65.7 Å². The molecular weight excluding hydrogens is 314 g/mol. The van der Waals surface area contributed by atoms with Crippen molar-refractivity contribution in [2.75, 3.05) is 14.2 Å². The van der Waals surface area contributed by atoms with E-state index < -0.39 is 22.4 Å². The molecule has 2 aromatic carbocycles. The second kappa shape index (κ2) is 7.70. The van der Waals surface area contributed by atoms with E-state index in [4.69, 9.17) is 9.47 Å². The first-order valence-electron chi connectivity index (χ1n) is 7.17. The van der Waals surface area contributed by atoms with Crippen LogP contribution < -0.4 is 4.72 Å². The van der Waals surface area contributed by atoms with Gasteiger partial charge < -0.3 is 9.47 Å². The summed E-state index contributed by atoms with van der Waals surface area (Å²) in [7, 11) is -0.747. The summed E-state index contributed by atoms with van der Waals surface area (Å²) >= 11 is 0. The summed E-state index contributed by atoms with van der Waals surface area (Å²) in [6, 6.07) is 15.2. The van der Waals surface area contributed by atoms with Gasteiger partial charge in [-0.25, -0.2) is 8.42 Å². The van der Waals surface area contributed by atoms with Crippen LogP contribution in [-0.4, -0.2) is 28.9 Å². The molecular formula is C17H21NO4S. The number of ether oxygens (including phenoxy) is 2. The summed E-state index contributed by atoms with van der Waals surface area (Å²) in [5.41, 5.74) is 1.76. The van der Waals surface area contributed by atoms with Crippen molar-refractivity contribution in [3.8, 4) is 0 Å². The fraction of sp³-hybridized carbons (Fsp3) is 0.294. The number of nitrogens with one attached hydrogen (secondary N) is 1. The number of hydrogen-bond donors (Lipinski definition) is 1. The lowest BCUT2D eigenvalue weighted by molar-refractivity contribution is -0.120. The van der Waals surface area contributed by atoms with E-state index in [1.54, 1.807) is 24.3 Å². The topological polar surface area (TPSA) is 64.6 Å². The average molecular weight is 335 g/mol. The van der Waals surface area contributed by atoms with Gasteiger partial charge in [0.25, 0.3) is 0 Å². The molecule has 1 N–H and O–H groups in total. The number of sulfonamides is 1. The summed E-state index contributed by atoms with van der Waals surface area (Å²) in [5, 5.41) is 0. The molecule has 6 heteroatoms. The smallest absolute Gasteiger partial charge is 0.241 e. The minimum absolute atomic E-state index is 0.204. The molecule has 0 amide bonds. The Kier molecular flexibility index (Phi) is 5.90. The number of aryl methyl sites for hydroxylation is 1. The molecule has 0 aliphatic heterocycles. The summed E-state index contributed by atoms with van der Waals surface area (Å²) in [5.74, 6) is 0. The molecule has 0 aliphatic carbocycles. The summed E-state index contributed by atoms with van der Waals surface area (Å²) < 4.78 is 38.5. The summed E-state index contributed by atoms with van der Waals surface area (Å²) in [4.78, 5) is 0.204. The number of hydrogen-bond acceptors (Lipinski definition) is 4. The van der Waals surface area contributed by atoms with E-state index in [0.29, 0.717) is 0 Å². The number of methoxy groups -OCH3 is 2. The van der Waals surface area contributed by atoms with E-state index >= 15 is 0 Å². The Balaban J connectivity index is 2.35. The van der Waals surface area contributed by atoms with Crippen LogP contribution in [0.3, 0.4) is 0 Å². The van der Waals surface area contributed by atoms with Gasteiger partial charge in [-0.3, -0.25) is 0 Å². The summed E-state index contributed by atoms with van der Waals surface area (Å²) in [6.45, 7) is 1.91. The van der Waals surface area contributed by atoms with E-state index in [1.807, 2.05) is 37.3 Å². The zero-order valence-electron chi connectivity index (χ0n) is 13.4. The second-order valence-electron chi connectivity index (χ2n) is 5.16. The Morgan fingerprint density at radius 1 is 0.913 bits per heavy atom. The Labute approximate surface area is 137 Å². The molecule has 0 saturated carbocycles. The van der Waals surface area contributed by atoms with Crippen molar-refractivity contribution >= 4 is 10.0 Å². The van der Waals surface area contributed by atoms with Gasteiger partial charge in [-0.1, -0.05) is 48.0 Å². The molecule has 0 radical (unpaired) electrons. The summed E-state index contributed by atoms with van der Waals surface area (Å²) in [6.07, 6.45) is -0.738. The zero-order chi connectivity index (χ0) is 16.9. The first-order chi connectivity index (χ1) is 11.0. The van der Waals surface area contributed by atoms with Gasteiger partial charge in [-0.2, -0.15) is 4.72 Å². The third-order valence-electron chi connectivity index (χ3n) is 3.51. The highest BCUT2D eigenvalue weighted by Crippen LogP contribution is 2.22. The maximum Gasteiger partial charge on any atom is 0.241 e. The van der Waals surface area contributed by atoms with Gasteiger partial charge >= 0.3 is 0 Å². The van der Waals surface area contributed by atoms with Crippen LogP contribution in [0.1, 0.15) is 17.2 Å². The van der Waals surface area contributed by atoms with Crippen LogP contribution in [0, 0.1) is 6.92 Å². The quantitative estimate of drug-likeness (QED) is 0.790. The van der Waals surface area contributed by atoms with Crippen LogP contribution >= 0.6 is 0 Å². The predicted octanol–water partition coefficient (Wildman–Crippen LogP) is 2.63. The first-order valence-corrected chi connectivity index (χ1v) is 8.66. The van der Waals surface area contributed by atoms with Crippen LogP contribution in [0.25, 0.3) is 0 Å². The van der Waals surface area contributed by atoms with E-state index in [2.05, 4.69) is 4.72 Å². The average Bonchev–Trinajstić information content (AvgIpc) is 2.56. The fourth-order valence-corrected chi connectivity index (χ4v) is 3.47. The SMILES string of the molecule is COC(OC)[C@@H](NS(=O)(=O)c1ccc(C)cc1)c1ccccc1. The Hall–Kier alpha value is -1.73. The van der Waals surface area contributed by atoms with Crippen LogP contribution in [-0.2, 0) is 19.5 Å². The lowest BCUT2D eigenvalue weighted by Crippen LogP contribution is -2.38. The highest BCUT2D eigenvalue weighted by atomic mass is 32.2. The van der Waals surface area contributed by atoms with Gasteiger partial charge in [0, 0.05) is 14.2 Å². The van der Waals surface area contributed by atoms with Crippen molar-refractivity contribution in [2.45, 2.75) is 24.2 Å². The molecule has 124 valence electrons. The monoisotopic (exact) mass is 335 g/mol. The third kappa shape index (κ3) is 4.39.